The van der Waals surface area contributed by atoms with Crippen LogP contribution in [0.3, 0.4) is 0 Å². The standard InChI is InChI=1S/C26H25ClF4N4O3S/c27-19-16-18(26(29,30)31)7-8-24(19)39(37,38)35-15-14-32-9-3-6-22(32)23(35)17-25(36)34-12-10-33(11-13-34)21-5-2-1-4-20(21)28/h1-9,16,23H,10-15,17H2. The number of carbonyl (C=O) groups is 1. The number of benzene rings is 2. The van der Waals surface area contributed by atoms with Crippen LogP contribution >= 0.6 is 11.6 Å². The van der Waals surface area contributed by atoms with Crippen molar-refractivity contribution in [2.75, 3.05) is 37.6 Å². The molecule has 5 rings (SSSR count). The predicted octanol–water partition coefficient (Wildman–Crippen LogP) is 4.78. The predicted molar refractivity (Wildman–Crippen MR) is 137 cm³/mol. The number of piperazine rings is 1. The molecule has 0 N–H and O–H groups in total. The summed E-state index contributed by atoms with van der Waals surface area (Å²) < 4.78 is 83.9. The minimum absolute atomic E-state index is 0.0143. The van der Waals surface area contributed by atoms with Crippen molar-refractivity contribution in [3.05, 3.63) is 82.9 Å². The van der Waals surface area contributed by atoms with Gasteiger partial charge in [-0.1, -0.05) is 23.7 Å². The Balaban J connectivity index is 1.37. The van der Waals surface area contributed by atoms with Gasteiger partial charge in [-0.3, -0.25) is 4.79 Å². The van der Waals surface area contributed by atoms with E-state index in [2.05, 4.69) is 0 Å². The van der Waals surface area contributed by atoms with E-state index in [0.29, 0.717) is 56.2 Å². The van der Waals surface area contributed by atoms with Crippen LogP contribution in [-0.4, -0.2) is 60.8 Å². The number of sulfonamides is 1. The molecule has 7 nitrogen and oxygen atoms in total. The molecule has 2 aliphatic heterocycles. The molecule has 13 heteroatoms. The van der Waals surface area contributed by atoms with Crippen molar-refractivity contribution in [1.29, 1.82) is 0 Å². The number of rotatable bonds is 5. The normalized spacial score (nSPS) is 18.7. The highest BCUT2D eigenvalue weighted by molar-refractivity contribution is 7.89. The Morgan fingerprint density at radius 2 is 1.67 bits per heavy atom. The van der Waals surface area contributed by atoms with Gasteiger partial charge in [-0.25, -0.2) is 12.8 Å². The van der Waals surface area contributed by atoms with Crippen LogP contribution in [0.4, 0.5) is 23.2 Å². The molecule has 39 heavy (non-hydrogen) atoms. The Kier molecular flexibility index (Phi) is 7.38. The van der Waals surface area contributed by atoms with Crippen LogP contribution in [0.15, 0.2) is 65.7 Å². The number of para-hydroxylation sites is 1. The summed E-state index contributed by atoms with van der Waals surface area (Å²) in [6.07, 6.45) is -3.06. The van der Waals surface area contributed by atoms with Crippen molar-refractivity contribution in [2.24, 2.45) is 0 Å². The lowest BCUT2D eigenvalue weighted by Gasteiger charge is -2.39. The van der Waals surface area contributed by atoms with Crippen LogP contribution < -0.4 is 4.90 Å². The molecule has 1 saturated heterocycles. The molecule has 1 amide bonds. The second-order valence-corrected chi connectivity index (χ2v) is 11.7. The number of aromatic nitrogens is 1. The summed E-state index contributed by atoms with van der Waals surface area (Å²) >= 11 is 6.05. The van der Waals surface area contributed by atoms with Gasteiger partial charge in [0, 0.05) is 57.6 Å². The SMILES string of the molecule is O=C(CC1c2cccn2CCN1S(=O)(=O)c1ccc(C(F)(F)F)cc1Cl)N1CCN(c2ccccc2F)CC1. The summed E-state index contributed by atoms with van der Waals surface area (Å²) in [4.78, 5) is 16.4. The van der Waals surface area contributed by atoms with E-state index in [9.17, 15) is 30.8 Å². The minimum atomic E-state index is -4.68. The average Bonchev–Trinajstić information content (AvgIpc) is 3.38. The fraction of sp³-hybridized carbons (Fsp3) is 0.346. The monoisotopic (exact) mass is 584 g/mol. The van der Waals surface area contributed by atoms with E-state index in [1.54, 1.807) is 41.4 Å². The number of fused-ring (bicyclic) bond motifs is 1. The molecule has 1 aromatic heterocycles. The second kappa shape index (κ2) is 10.5. The molecule has 2 aliphatic rings. The maximum absolute atomic E-state index is 14.2. The van der Waals surface area contributed by atoms with Crippen molar-refractivity contribution >= 4 is 33.2 Å². The highest BCUT2D eigenvalue weighted by atomic mass is 35.5. The maximum atomic E-state index is 14.2. The van der Waals surface area contributed by atoms with E-state index < -0.39 is 37.7 Å². The van der Waals surface area contributed by atoms with Crippen LogP contribution in [0.25, 0.3) is 0 Å². The molecule has 1 unspecified atom stereocenters. The molecule has 0 radical (unpaired) electrons. The number of nitrogens with zero attached hydrogens (tertiary/aromatic N) is 4. The van der Waals surface area contributed by atoms with E-state index in [1.807, 2.05) is 9.47 Å². The quantitative estimate of drug-likeness (QED) is 0.405. The number of hydrogen-bond acceptors (Lipinski definition) is 4. The Hall–Kier alpha value is -3.09. The minimum Gasteiger partial charge on any atom is -0.366 e. The van der Waals surface area contributed by atoms with Crippen LogP contribution in [-0.2, 0) is 27.5 Å². The van der Waals surface area contributed by atoms with E-state index in [-0.39, 0.29) is 24.7 Å². The number of carbonyl (C=O) groups excluding carboxylic acids is 1. The lowest BCUT2D eigenvalue weighted by Crippen LogP contribution is -2.50. The molecule has 3 heterocycles. The first-order chi connectivity index (χ1) is 18.5. The Labute approximate surface area is 228 Å². The number of halogens is 5. The molecule has 208 valence electrons. The van der Waals surface area contributed by atoms with Gasteiger partial charge < -0.3 is 14.4 Å². The Morgan fingerprint density at radius 1 is 0.949 bits per heavy atom. The van der Waals surface area contributed by atoms with Crippen LogP contribution in [0.1, 0.15) is 23.7 Å². The highest BCUT2D eigenvalue weighted by Crippen LogP contribution is 2.38. The lowest BCUT2D eigenvalue weighted by molar-refractivity contribution is -0.137. The lowest BCUT2D eigenvalue weighted by atomic mass is 10.1. The highest BCUT2D eigenvalue weighted by Gasteiger charge is 2.40. The van der Waals surface area contributed by atoms with Crippen molar-refractivity contribution in [1.82, 2.24) is 13.8 Å². The summed E-state index contributed by atoms with van der Waals surface area (Å²) in [5.41, 5.74) is 0.00632. The maximum Gasteiger partial charge on any atom is 0.416 e. The number of hydrogen-bond donors (Lipinski definition) is 0. The van der Waals surface area contributed by atoms with Crippen molar-refractivity contribution < 1.29 is 30.8 Å². The van der Waals surface area contributed by atoms with Gasteiger partial charge in [0.25, 0.3) is 0 Å². The number of amides is 1. The van der Waals surface area contributed by atoms with Crippen molar-refractivity contribution in [3.63, 3.8) is 0 Å². The van der Waals surface area contributed by atoms with Crippen LogP contribution in [0.5, 0.6) is 0 Å². The van der Waals surface area contributed by atoms with Gasteiger partial charge in [-0.2, -0.15) is 17.5 Å². The third-order valence-electron chi connectivity index (χ3n) is 7.15. The Morgan fingerprint density at radius 3 is 2.33 bits per heavy atom. The molecule has 3 aromatic rings. The largest absolute Gasteiger partial charge is 0.416 e. The van der Waals surface area contributed by atoms with Gasteiger partial charge in [0.2, 0.25) is 15.9 Å². The first kappa shape index (κ1) is 27.5. The van der Waals surface area contributed by atoms with Crippen LogP contribution in [0.2, 0.25) is 5.02 Å². The number of alkyl halides is 3. The van der Waals surface area contributed by atoms with E-state index >= 15 is 0 Å². The fourth-order valence-electron chi connectivity index (χ4n) is 5.15. The first-order valence-corrected chi connectivity index (χ1v) is 14.1. The number of anilines is 1. The van der Waals surface area contributed by atoms with E-state index in [4.69, 9.17) is 11.6 Å². The van der Waals surface area contributed by atoms with Gasteiger partial charge in [-0.15, -0.1) is 0 Å². The zero-order chi connectivity index (χ0) is 27.9. The molecular weight excluding hydrogens is 560 g/mol. The smallest absolute Gasteiger partial charge is 0.366 e. The summed E-state index contributed by atoms with van der Waals surface area (Å²) in [5, 5.41) is -0.542. The molecule has 2 aromatic carbocycles. The van der Waals surface area contributed by atoms with Gasteiger partial charge >= 0.3 is 6.18 Å². The van der Waals surface area contributed by atoms with Crippen LogP contribution in [0, 0.1) is 5.82 Å². The van der Waals surface area contributed by atoms with Gasteiger partial charge in [-0.05, 0) is 42.5 Å². The molecular formula is C26H25ClF4N4O3S. The third kappa shape index (κ3) is 5.37. The third-order valence-corrected chi connectivity index (χ3v) is 9.55. The molecule has 0 saturated carbocycles. The summed E-state index contributed by atoms with van der Waals surface area (Å²) in [6.45, 7) is 1.82. The topological polar surface area (TPSA) is 65.9 Å². The summed E-state index contributed by atoms with van der Waals surface area (Å²) in [7, 11) is -4.35. The Bertz CT molecular complexity index is 1490. The zero-order valence-electron chi connectivity index (χ0n) is 20.6. The van der Waals surface area contributed by atoms with Gasteiger partial charge in [0.15, 0.2) is 0 Å². The zero-order valence-corrected chi connectivity index (χ0v) is 22.2. The van der Waals surface area contributed by atoms with E-state index in [1.165, 1.54) is 6.07 Å². The van der Waals surface area contributed by atoms with Crippen molar-refractivity contribution in [2.45, 2.75) is 30.1 Å². The molecule has 0 spiro atoms. The van der Waals surface area contributed by atoms with Gasteiger partial charge in [0.1, 0.15) is 10.7 Å². The fourth-order valence-corrected chi connectivity index (χ4v) is 7.26. The van der Waals surface area contributed by atoms with E-state index in [0.717, 1.165) is 10.4 Å². The average molecular weight is 585 g/mol. The molecule has 1 fully saturated rings. The summed E-state index contributed by atoms with van der Waals surface area (Å²) in [6, 6.07) is 11.1. The van der Waals surface area contributed by atoms with Crippen molar-refractivity contribution in [3.8, 4) is 0 Å². The molecule has 0 bridgehead atoms. The summed E-state index contributed by atoms with van der Waals surface area (Å²) in [5.74, 6) is -0.621. The van der Waals surface area contributed by atoms with Gasteiger partial charge in [0.05, 0.1) is 22.3 Å². The second-order valence-electron chi connectivity index (χ2n) is 9.42. The molecule has 0 aliphatic carbocycles. The molecule has 1 atom stereocenters. The first-order valence-electron chi connectivity index (χ1n) is 12.3.